The number of methoxy groups -OCH3 is 1. The molecule has 0 fully saturated rings. The SMILES string of the molecule is COc1cc(NS(=O)(=O)c2ccc(OCC(=O)O)c(C)c2)ccc1NC(=O)c1cccnc1. The van der Waals surface area contributed by atoms with Gasteiger partial charge < -0.3 is 19.9 Å². The number of hydrogen-bond donors (Lipinski definition) is 3. The van der Waals surface area contributed by atoms with Crippen molar-refractivity contribution in [2.45, 2.75) is 11.8 Å². The van der Waals surface area contributed by atoms with Crippen LogP contribution in [0.2, 0.25) is 0 Å². The Hall–Kier alpha value is -4.12. The molecule has 172 valence electrons. The topological polar surface area (TPSA) is 144 Å². The maximum atomic E-state index is 12.8. The standard InChI is InChI=1S/C22H21N3O7S/c1-14-10-17(6-8-19(14)32-13-21(26)27)33(29,30)25-16-5-7-18(20(11-16)31-2)24-22(28)15-4-3-9-23-12-15/h3-12,25H,13H2,1-2H3,(H,24,28)(H,26,27). The Bertz CT molecular complexity index is 1280. The van der Waals surface area contributed by atoms with Crippen molar-refractivity contribution in [2.24, 2.45) is 0 Å². The molecule has 1 amide bonds. The number of rotatable bonds is 9. The van der Waals surface area contributed by atoms with Crippen molar-refractivity contribution in [3.63, 3.8) is 0 Å². The number of aliphatic carboxylic acids is 1. The summed E-state index contributed by atoms with van der Waals surface area (Å²) < 4.78 is 38.5. The van der Waals surface area contributed by atoms with Gasteiger partial charge in [-0.15, -0.1) is 0 Å². The molecule has 10 nitrogen and oxygen atoms in total. The summed E-state index contributed by atoms with van der Waals surface area (Å²) in [6.07, 6.45) is 2.97. The van der Waals surface area contributed by atoms with Gasteiger partial charge in [-0.2, -0.15) is 0 Å². The Morgan fingerprint density at radius 1 is 1.09 bits per heavy atom. The van der Waals surface area contributed by atoms with E-state index in [1.807, 2.05) is 0 Å². The molecule has 0 bridgehead atoms. The van der Waals surface area contributed by atoms with E-state index in [0.717, 1.165) is 0 Å². The first-order chi connectivity index (χ1) is 15.7. The van der Waals surface area contributed by atoms with Crippen LogP contribution in [0.5, 0.6) is 11.5 Å². The van der Waals surface area contributed by atoms with Crippen LogP contribution in [-0.4, -0.2) is 44.1 Å². The van der Waals surface area contributed by atoms with Gasteiger partial charge in [-0.05, 0) is 55.0 Å². The summed E-state index contributed by atoms with van der Waals surface area (Å²) >= 11 is 0. The zero-order chi connectivity index (χ0) is 24.0. The van der Waals surface area contributed by atoms with Crippen molar-refractivity contribution in [3.8, 4) is 11.5 Å². The third-order valence-corrected chi connectivity index (χ3v) is 5.81. The summed E-state index contributed by atoms with van der Waals surface area (Å²) in [4.78, 5) is 26.9. The van der Waals surface area contributed by atoms with Crippen LogP contribution in [0, 0.1) is 6.92 Å². The number of aromatic nitrogens is 1. The molecule has 33 heavy (non-hydrogen) atoms. The van der Waals surface area contributed by atoms with Crippen LogP contribution in [0.25, 0.3) is 0 Å². The fourth-order valence-electron chi connectivity index (χ4n) is 2.85. The number of sulfonamides is 1. The van der Waals surface area contributed by atoms with Crippen LogP contribution in [0.1, 0.15) is 15.9 Å². The van der Waals surface area contributed by atoms with Crippen molar-refractivity contribution in [1.29, 1.82) is 0 Å². The van der Waals surface area contributed by atoms with E-state index in [2.05, 4.69) is 15.0 Å². The summed E-state index contributed by atoms with van der Waals surface area (Å²) in [6.45, 7) is 1.08. The lowest BCUT2D eigenvalue weighted by Gasteiger charge is -2.14. The normalized spacial score (nSPS) is 10.8. The molecule has 0 radical (unpaired) electrons. The molecule has 3 rings (SSSR count). The Morgan fingerprint density at radius 2 is 1.88 bits per heavy atom. The fraction of sp³-hybridized carbons (Fsp3) is 0.136. The van der Waals surface area contributed by atoms with E-state index in [9.17, 15) is 18.0 Å². The lowest BCUT2D eigenvalue weighted by molar-refractivity contribution is -0.139. The first-order valence-corrected chi connectivity index (χ1v) is 11.1. The molecular formula is C22H21N3O7S. The van der Waals surface area contributed by atoms with Crippen molar-refractivity contribution < 1.29 is 32.6 Å². The number of nitrogens with zero attached hydrogens (tertiary/aromatic N) is 1. The molecule has 0 unspecified atom stereocenters. The van der Waals surface area contributed by atoms with Gasteiger partial charge in [0, 0.05) is 18.5 Å². The summed E-state index contributed by atoms with van der Waals surface area (Å²) in [6, 6.07) is 11.8. The zero-order valence-corrected chi connectivity index (χ0v) is 18.5. The smallest absolute Gasteiger partial charge is 0.341 e. The van der Waals surface area contributed by atoms with Gasteiger partial charge in [0.25, 0.3) is 15.9 Å². The molecule has 0 atom stereocenters. The number of aryl methyl sites for hydroxylation is 1. The van der Waals surface area contributed by atoms with Crippen LogP contribution in [0.4, 0.5) is 11.4 Å². The number of amides is 1. The Morgan fingerprint density at radius 3 is 2.52 bits per heavy atom. The number of ether oxygens (including phenoxy) is 2. The van der Waals surface area contributed by atoms with E-state index < -0.39 is 28.5 Å². The molecule has 3 N–H and O–H groups in total. The molecule has 0 aliphatic rings. The van der Waals surface area contributed by atoms with E-state index in [-0.39, 0.29) is 22.1 Å². The highest BCUT2D eigenvalue weighted by Crippen LogP contribution is 2.30. The minimum absolute atomic E-state index is 0.0319. The van der Waals surface area contributed by atoms with Gasteiger partial charge in [0.15, 0.2) is 6.61 Å². The highest BCUT2D eigenvalue weighted by molar-refractivity contribution is 7.92. The maximum absolute atomic E-state index is 12.8. The highest BCUT2D eigenvalue weighted by atomic mass is 32.2. The molecule has 3 aromatic rings. The predicted octanol–water partition coefficient (Wildman–Crippen LogP) is 2.92. The van der Waals surface area contributed by atoms with Gasteiger partial charge in [0.2, 0.25) is 0 Å². The molecule has 2 aromatic carbocycles. The van der Waals surface area contributed by atoms with Crippen molar-refractivity contribution in [3.05, 3.63) is 72.1 Å². The molecule has 0 saturated heterocycles. The number of nitrogens with one attached hydrogen (secondary N) is 2. The number of carbonyl (C=O) groups is 2. The van der Waals surface area contributed by atoms with Gasteiger partial charge in [-0.1, -0.05) is 0 Å². The van der Waals surface area contributed by atoms with Gasteiger partial charge in [-0.25, -0.2) is 13.2 Å². The van der Waals surface area contributed by atoms with E-state index in [1.165, 1.54) is 49.7 Å². The molecule has 0 spiro atoms. The van der Waals surface area contributed by atoms with E-state index in [1.54, 1.807) is 25.3 Å². The number of carbonyl (C=O) groups excluding carboxylic acids is 1. The van der Waals surface area contributed by atoms with Gasteiger partial charge in [0.1, 0.15) is 11.5 Å². The first-order valence-electron chi connectivity index (χ1n) is 9.57. The van der Waals surface area contributed by atoms with Crippen molar-refractivity contribution >= 4 is 33.3 Å². The van der Waals surface area contributed by atoms with Crippen LogP contribution in [-0.2, 0) is 14.8 Å². The number of hydrogen-bond acceptors (Lipinski definition) is 7. The first kappa shape index (κ1) is 23.5. The lowest BCUT2D eigenvalue weighted by Crippen LogP contribution is -2.15. The summed E-state index contributed by atoms with van der Waals surface area (Å²) in [5, 5.41) is 11.4. The van der Waals surface area contributed by atoms with Crippen molar-refractivity contribution in [1.82, 2.24) is 4.98 Å². The second-order valence-electron chi connectivity index (χ2n) is 6.83. The molecule has 0 saturated carbocycles. The lowest BCUT2D eigenvalue weighted by atomic mass is 10.2. The van der Waals surface area contributed by atoms with Crippen LogP contribution >= 0.6 is 0 Å². The van der Waals surface area contributed by atoms with E-state index >= 15 is 0 Å². The average molecular weight is 471 g/mol. The van der Waals surface area contributed by atoms with Crippen LogP contribution in [0.15, 0.2) is 65.8 Å². The van der Waals surface area contributed by atoms with Gasteiger partial charge >= 0.3 is 5.97 Å². The summed E-state index contributed by atoms with van der Waals surface area (Å²) in [7, 11) is -2.57. The Labute approximate surface area is 190 Å². The highest BCUT2D eigenvalue weighted by Gasteiger charge is 2.18. The third-order valence-electron chi connectivity index (χ3n) is 4.43. The number of benzene rings is 2. The number of carboxylic acid groups (broad SMARTS) is 1. The van der Waals surface area contributed by atoms with Gasteiger partial charge in [0.05, 0.1) is 28.9 Å². The third kappa shape index (κ3) is 5.98. The minimum Gasteiger partial charge on any atom is -0.494 e. The summed E-state index contributed by atoms with van der Waals surface area (Å²) in [5.41, 5.74) is 1.39. The molecule has 1 heterocycles. The molecule has 0 aliphatic carbocycles. The largest absolute Gasteiger partial charge is 0.494 e. The Balaban J connectivity index is 1.77. The number of anilines is 2. The molecular weight excluding hydrogens is 450 g/mol. The van der Waals surface area contributed by atoms with Crippen LogP contribution in [0.3, 0.4) is 0 Å². The zero-order valence-electron chi connectivity index (χ0n) is 17.7. The predicted molar refractivity (Wildman–Crippen MR) is 120 cm³/mol. The molecule has 0 aliphatic heterocycles. The van der Waals surface area contributed by atoms with Crippen molar-refractivity contribution in [2.75, 3.05) is 23.8 Å². The summed E-state index contributed by atoms with van der Waals surface area (Å²) in [5.74, 6) is -1.01. The van der Waals surface area contributed by atoms with E-state index in [4.69, 9.17) is 14.6 Å². The number of pyridine rings is 1. The molecule has 1 aromatic heterocycles. The molecule has 11 heteroatoms. The number of carboxylic acids is 1. The fourth-order valence-corrected chi connectivity index (χ4v) is 3.99. The van der Waals surface area contributed by atoms with E-state index in [0.29, 0.717) is 16.8 Å². The van der Waals surface area contributed by atoms with Gasteiger partial charge in [-0.3, -0.25) is 14.5 Å². The maximum Gasteiger partial charge on any atom is 0.341 e. The quantitative estimate of drug-likeness (QED) is 0.432. The second-order valence-corrected chi connectivity index (χ2v) is 8.51. The average Bonchev–Trinajstić information content (AvgIpc) is 2.79. The Kier molecular flexibility index (Phi) is 7.13. The van der Waals surface area contributed by atoms with Crippen LogP contribution < -0.4 is 19.5 Å². The second kappa shape index (κ2) is 10.0. The minimum atomic E-state index is -3.96. The monoisotopic (exact) mass is 471 g/mol.